The second-order valence-corrected chi connectivity index (χ2v) is 3.59. The molecule has 6 nitrogen and oxygen atoms in total. The molecule has 1 aromatic carbocycles. The van der Waals surface area contributed by atoms with Crippen molar-refractivity contribution in [1.29, 1.82) is 5.26 Å². The summed E-state index contributed by atoms with van der Waals surface area (Å²) < 4.78 is 4.49. The molecule has 7 heteroatoms. The lowest BCUT2D eigenvalue weighted by molar-refractivity contribution is -0.385. The van der Waals surface area contributed by atoms with Crippen molar-refractivity contribution in [3.63, 3.8) is 0 Å². The van der Waals surface area contributed by atoms with Gasteiger partial charge in [-0.1, -0.05) is 15.9 Å². The zero-order valence-corrected chi connectivity index (χ0v) is 10.4. The lowest BCUT2D eigenvalue weighted by Crippen LogP contribution is -2.07. The number of hydrogen-bond donors (Lipinski definition) is 0. The average Bonchev–Trinajstić information content (AvgIpc) is 2.35. The van der Waals surface area contributed by atoms with Gasteiger partial charge in [-0.2, -0.15) is 5.26 Å². The molecule has 0 heterocycles. The van der Waals surface area contributed by atoms with Crippen molar-refractivity contribution < 1.29 is 14.5 Å². The number of nitro benzene ring substituents is 1. The molecular formula is C10H7BrN2O4. The number of esters is 1. The molecule has 0 spiro atoms. The summed E-state index contributed by atoms with van der Waals surface area (Å²) in [6.07, 6.45) is 0. The molecule has 0 aliphatic rings. The van der Waals surface area contributed by atoms with Crippen molar-refractivity contribution in [2.24, 2.45) is 0 Å². The Kier molecular flexibility index (Phi) is 4.17. The fourth-order valence-corrected chi connectivity index (χ4v) is 1.62. The number of alkyl halides is 1. The van der Waals surface area contributed by atoms with Crippen molar-refractivity contribution in [2.75, 3.05) is 7.11 Å². The number of methoxy groups -OCH3 is 1. The van der Waals surface area contributed by atoms with Crippen LogP contribution in [0.5, 0.6) is 0 Å². The number of nitro groups is 1. The zero-order chi connectivity index (χ0) is 13.0. The van der Waals surface area contributed by atoms with Crippen LogP contribution in [0, 0.1) is 21.4 Å². The summed E-state index contributed by atoms with van der Waals surface area (Å²) in [6, 6.07) is 4.30. The first-order chi connectivity index (χ1) is 8.04. The highest BCUT2D eigenvalue weighted by Crippen LogP contribution is 2.25. The van der Waals surface area contributed by atoms with E-state index in [9.17, 15) is 14.9 Å². The van der Waals surface area contributed by atoms with Crippen LogP contribution < -0.4 is 0 Å². The van der Waals surface area contributed by atoms with Gasteiger partial charge in [0, 0.05) is 11.4 Å². The Morgan fingerprint density at radius 2 is 2.29 bits per heavy atom. The molecule has 88 valence electrons. The van der Waals surface area contributed by atoms with Gasteiger partial charge in [0.1, 0.15) is 11.6 Å². The summed E-state index contributed by atoms with van der Waals surface area (Å²) in [4.78, 5) is 21.5. The van der Waals surface area contributed by atoms with E-state index in [1.807, 2.05) is 0 Å². The van der Waals surface area contributed by atoms with Crippen molar-refractivity contribution in [1.82, 2.24) is 0 Å². The smallest absolute Gasteiger partial charge is 0.339 e. The Balaban J connectivity index is 3.57. The number of nitriles is 1. The van der Waals surface area contributed by atoms with E-state index >= 15 is 0 Å². The van der Waals surface area contributed by atoms with Crippen molar-refractivity contribution >= 4 is 27.6 Å². The third-order valence-corrected chi connectivity index (χ3v) is 2.69. The van der Waals surface area contributed by atoms with Crippen molar-refractivity contribution in [2.45, 2.75) is 5.33 Å². The molecule has 1 aromatic rings. The van der Waals surface area contributed by atoms with E-state index in [-0.39, 0.29) is 11.1 Å². The first-order valence-electron chi connectivity index (χ1n) is 4.40. The maximum absolute atomic E-state index is 11.4. The molecule has 0 aliphatic carbocycles. The molecule has 17 heavy (non-hydrogen) atoms. The monoisotopic (exact) mass is 298 g/mol. The molecule has 0 amide bonds. The predicted octanol–water partition coefficient (Wildman–Crippen LogP) is 2.15. The van der Waals surface area contributed by atoms with Crippen LogP contribution >= 0.6 is 15.9 Å². The highest BCUT2D eigenvalue weighted by molar-refractivity contribution is 9.08. The molecule has 0 radical (unpaired) electrons. The number of halogens is 1. The van der Waals surface area contributed by atoms with E-state index in [2.05, 4.69) is 20.7 Å². The summed E-state index contributed by atoms with van der Waals surface area (Å²) in [5.41, 5.74) is -0.258. The van der Waals surface area contributed by atoms with Crippen molar-refractivity contribution in [3.05, 3.63) is 38.9 Å². The lowest BCUT2D eigenvalue weighted by atomic mass is 10.0. The molecule has 0 unspecified atom stereocenters. The molecule has 0 bridgehead atoms. The van der Waals surface area contributed by atoms with Gasteiger partial charge >= 0.3 is 5.97 Å². The summed E-state index contributed by atoms with van der Waals surface area (Å²) in [7, 11) is 1.15. The van der Waals surface area contributed by atoms with Crippen LogP contribution in [0.3, 0.4) is 0 Å². The third kappa shape index (κ3) is 2.60. The lowest BCUT2D eigenvalue weighted by Gasteiger charge is -2.05. The van der Waals surface area contributed by atoms with E-state index in [4.69, 9.17) is 5.26 Å². The maximum Gasteiger partial charge on any atom is 0.339 e. The minimum Gasteiger partial charge on any atom is -0.465 e. The van der Waals surface area contributed by atoms with E-state index in [1.165, 1.54) is 12.1 Å². The standard InChI is InChI=1S/C10H7BrN2O4/c1-17-10(14)7-2-6(4-11)3-9(13(15)16)8(7)5-12/h2-3H,4H2,1H3. The normalized spacial score (nSPS) is 9.47. The van der Waals surface area contributed by atoms with Crippen LogP contribution in [0.15, 0.2) is 12.1 Å². The predicted molar refractivity (Wildman–Crippen MR) is 61.8 cm³/mol. The third-order valence-electron chi connectivity index (χ3n) is 2.05. The number of carbonyl (C=O) groups is 1. The molecule has 0 fully saturated rings. The minimum absolute atomic E-state index is 0.0985. The van der Waals surface area contributed by atoms with E-state index in [0.29, 0.717) is 10.9 Å². The van der Waals surface area contributed by atoms with Crippen molar-refractivity contribution in [3.8, 4) is 6.07 Å². The van der Waals surface area contributed by atoms with Gasteiger partial charge in [0.15, 0.2) is 0 Å². The van der Waals surface area contributed by atoms with Gasteiger partial charge in [-0.25, -0.2) is 4.79 Å². The summed E-state index contributed by atoms with van der Waals surface area (Å²) >= 11 is 3.13. The molecule has 0 aromatic heterocycles. The Morgan fingerprint density at radius 3 is 2.71 bits per heavy atom. The molecule has 1 rings (SSSR count). The average molecular weight is 299 g/mol. The van der Waals surface area contributed by atoms with E-state index in [0.717, 1.165) is 7.11 Å². The first kappa shape index (κ1) is 13.1. The number of ether oxygens (including phenoxy) is 1. The van der Waals surface area contributed by atoms with Gasteiger partial charge in [0.05, 0.1) is 17.6 Å². The summed E-state index contributed by atoms with van der Waals surface area (Å²) in [5.74, 6) is -0.771. The Morgan fingerprint density at radius 1 is 1.65 bits per heavy atom. The largest absolute Gasteiger partial charge is 0.465 e. The minimum atomic E-state index is -0.771. The molecule has 0 saturated carbocycles. The van der Waals surface area contributed by atoms with E-state index in [1.54, 1.807) is 6.07 Å². The van der Waals surface area contributed by atoms with Crippen LogP contribution in [0.1, 0.15) is 21.5 Å². The SMILES string of the molecule is COC(=O)c1cc(CBr)cc([N+](=O)[O-])c1C#N. The number of rotatable bonds is 3. The molecule has 0 atom stereocenters. The number of benzene rings is 1. The maximum atomic E-state index is 11.4. The topological polar surface area (TPSA) is 93.2 Å². The quantitative estimate of drug-likeness (QED) is 0.369. The highest BCUT2D eigenvalue weighted by atomic mass is 79.9. The van der Waals surface area contributed by atoms with Gasteiger partial charge in [0.2, 0.25) is 0 Å². The van der Waals surface area contributed by atoms with Gasteiger partial charge in [-0.3, -0.25) is 10.1 Å². The van der Waals surface area contributed by atoms with Gasteiger partial charge in [-0.15, -0.1) is 0 Å². The molecular weight excluding hydrogens is 292 g/mol. The Labute approximate surface area is 105 Å². The highest BCUT2D eigenvalue weighted by Gasteiger charge is 2.23. The fourth-order valence-electron chi connectivity index (χ4n) is 1.29. The van der Waals surface area contributed by atoms with Gasteiger partial charge in [0.25, 0.3) is 5.69 Å². The van der Waals surface area contributed by atoms with Gasteiger partial charge < -0.3 is 4.74 Å². The van der Waals surface area contributed by atoms with Crippen LogP contribution in [0.4, 0.5) is 5.69 Å². The second kappa shape index (κ2) is 5.41. The number of nitrogens with zero attached hydrogens (tertiary/aromatic N) is 2. The molecule has 0 N–H and O–H groups in total. The van der Waals surface area contributed by atoms with Crippen LogP contribution in [-0.4, -0.2) is 18.0 Å². The zero-order valence-electron chi connectivity index (χ0n) is 8.77. The van der Waals surface area contributed by atoms with Crippen LogP contribution in [0.2, 0.25) is 0 Å². The summed E-state index contributed by atoms with van der Waals surface area (Å²) in [5, 5.41) is 20.0. The summed E-state index contributed by atoms with van der Waals surface area (Å²) in [6.45, 7) is 0. The van der Waals surface area contributed by atoms with Crippen LogP contribution in [0.25, 0.3) is 0 Å². The van der Waals surface area contributed by atoms with Crippen LogP contribution in [-0.2, 0) is 10.1 Å². The fraction of sp³-hybridized carbons (Fsp3) is 0.200. The number of carbonyl (C=O) groups excluding carboxylic acids is 1. The number of hydrogen-bond acceptors (Lipinski definition) is 5. The first-order valence-corrected chi connectivity index (χ1v) is 5.53. The second-order valence-electron chi connectivity index (χ2n) is 3.03. The van der Waals surface area contributed by atoms with E-state index < -0.39 is 16.6 Å². The molecule has 0 aliphatic heterocycles. The Hall–Kier alpha value is -1.94. The Bertz CT molecular complexity index is 522. The molecule has 0 saturated heterocycles. The van der Waals surface area contributed by atoms with Gasteiger partial charge in [-0.05, 0) is 11.6 Å².